The summed E-state index contributed by atoms with van der Waals surface area (Å²) in [6.45, 7) is 5.39. The standard InChI is InChI=1S/C14H27N3O/c1-2-17-10-6-7-12(11-17)16-13(18)14(15)8-4-3-5-9-14/h12H,2-11,15H2,1H3,(H,16,18). The fourth-order valence-electron chi connectivity index (χ4n) is 3.20. The summed E-state index contributed by atoms with van der Waals surface area (Å²) in [5.74, 6) is 0.0881. The lowest BCUT2D eigenvalue weighted by Gasteiger charge is -2.37. The Kier molecular flexibility index (Phi) is 4.62. The smallest absolute Gasteiger partial charge is 0.240 e. The van der Waals surface area contributed by atoms with Gasteiger partial charge in [-0.15, -0.1) is 0 Å². The summed E-state index contributed by atoms with van der Waals surface area (Å²) >= 11 is 0. The van der Waals surface area contributed by atoms with Crippen molar-refractivity contribution < 1.29 is 4.79 Å². The minimum absolute atomic E-state index is 0.0881. The molecule has 2 rings (SSSR count). The Balaban J connectivity index is 1.86. The van der Waals surface area contributed by atoms with Gasteiger partial charge in [0.05, 0.1) is 5.54 Å². The summed E-state index contributed by atoms with van der Waals surface area (Å²) in [4.78, 5) is 14.7. The van der Waals surface area contributed by atoms with Crippen LogP contribution in [0.4, 0.5) is 0 Å². The third-order valence-electron chi connectivity index (χ3n) is 4.49. The second kappa shape index (κ2) is 6.02. The number of amides is 1. The lowest BCUT2D eigenvalue weighted by molar-refractivity contribution is -0.128. The van der Waals surface area contributed by atoms with E-state index in [4.69, 9.17) is 5.73 Å². The van der Waals surface area contributed by atoms with Crippen LogP contribution in [0, 0.1) is 0 Å². The van der Waals surface area contributed by atoms with Crippen LogP contribution in [0.2, 0.25) is 0 Å². The maximum absolute atomic E-state index is 12.3. The first-order chi connectivity index (χ1) is 8.64. The van der Waals surface area contributed by atoms with Crippen LogP contribution in [0.25, 0.3) is 0 Å². The van der Waals surface area contributed by atoms with E-state index >= 15 is 0 Å². The lowest BCUT2D eigenvalue weighted by atomic mass is 9.81. The molecule has 1 heterocycles. The van der Waals surface area contributed by atoms with Gasteiger partial charge in [0.15, 0.2) is 0 Å². The van der Waals surface area contributed by atoms with Crippen LogP contribution >= 0.6 is 0 Å². The number of likely N-dealkylation sites (tertiary alicyclic amines) is 1. The summed E-state index contributed by atoms with van der Waals surface area (Å²) in [5, 5.41) is 3.19. The summed E-state index contributed by atoms with van der Waals surface area (Å²) in [6, 6.07) is 0.300. The average Bonchev–Trinajstić information content (AvgIpc) is 2.40. The molecule has 0 aromatic heterocycles. The van der Waals surface area contributed by atoms with Gasteiger partial charge in [0.1, 0.15) is 0 Å². The highest BCUT2D eigenvalue weighted by Crippen LogP contribution is 2.26. The van der Waals surface area contributed by atoms with Crippen LogP contribution in [0.3, 0.4) is 0 Å². The second-order valence-electron chi connectivity index (χ2n) is 5.92. The molecule has 0 bridgehead atoms. The molecule has 2 fully saturated rings. The highest BCUT2D eigenvalue weighted by atomic mass is 16.2. The Hall–Kier alpha value is -0.610. The van der Waals surface area contributed by atoms with E-state index in [-0.39, 0.29) is 5.91 Å². The van der Waals surface area contributed by atoms with Crippen LogP contribution in [0.5, 0.6) is 0 Å². The van der Waals surface area contributed by atoms with E-state index in [1.165, 1.54) is 12.8 Å². The van der Waals surface area contributed by atoms with E-state index < -0.39 is 5.54 Å². The van der Waals surface area contributed by atoms with Crippen molar-refractivity contribution in [3.8, 4) is 0 Å². The molecule has 2 aliphatic rings. The number of hydrogen-bond acceptors (Lipinski definition) is 3. The number of nitrogens with one attached hydrogen (secondary N) is 1. The van der Waals surface area contributed by atoms with Crippen molar-refractivity contribution in [3.05, 3.63) is 0 Å². The molecular formula is C14H27N3O. The molecule has 0 aromatic carbocycles. The quantitative estimate of drug-likeness (QED) is 0.796. The molecular weight excluding hydrogens is 226 g/mol. The average molecular weight is 253 g/mol. The Labute approximate surface area is 110 Å². The van der Waals surface area contributed by atoms with Gasteiger partial charge in [-0.2, -0.15) is 0 Å². The van der Waals surface area contributed by atoms with E-state index in [1.807, 2.05) is 0 Å². The Morgan fingerprint density at radius 1 is 1.33 bits per heavy atom. The van der Waals surface area contributed by atoms with Crippen LogP contribution in [0.15, 0.2) is 0 Å². The van der Waals surface area contributed by atoms with Crippen LogP contribution in [0.1, 0.15) is 51.9 Å². The van der Waals surface area contributed by atoms with Crippen molar-refractivity contribution in [2.24, 2.45) is 5.73 Å². The maximum Gasteiger partial charge on any atom is 0.240 e. The van der Waals surface area contributed by atoms with Gasteiger partial charge < -0.3 is 16.0 Å². The van der Waals surface area contributed by atoms with E-state index in [9.17, 15) is 4.79 Å². The van der Waals surface area contributed by atoms with Gasteiger partial charge in [-0.3, -0.25) is 4.79 Å². The summed E-state index contributed by atoms with van der Waals surface area (Å²) in [5.41, 5.74) is 5.67. The molecule has 0 radical (unpaired) electrons. The van der Waals surface area contributed by atoms with Gasteiger partial charge in [-0.25, -0.2) is 0 Å². The minimum Gasteiger partial charge on any atom is -0.350 e. The Morgan fingerprint density at radius 2 is 2.06 bits per heavy atom. The second-order valence-corrected chi connectivity index (χ2v) is 5.92. The number of nitrogens with zero attached hydrogens (tertiary/aromatic N) is 1. The van der Waals surface area contributed by atoms with Crippen LogP contribution < -0.4 is 11.1 Å². The van der Waals surface area contributed by atoms with Crippen molar-refractivity contribution in [1.82, 2.24) is 10.2 Å². The van der Waals surface area contributed by atoms with Gasteiger partial charge in [0.25, 0.3) is 0 Å². The number of rotatable bonds is 3. The molecule has 1 saturated heterocycles. The topological polar surface area (TPSA) is 58.4 Å². The first-order valence-electron chi connectivity index (χ1n) is 7.46. The number of nitrogens with two attached hydrogens (primary N) is 1. The summed E-state index contributed by atoms with van der Waals surface area (Å²) in [6.07, 6.45) is 7.38. The van der Waals surface area contributed by atoms with Gasteiger partial charge in [0, 0.05) is 12.6 Å². The van der Waals surface area contributed by atoms with E-state index in [2.05, 4.69) is 17.1 Å². The lowest BCUT2D eigenvalue weighted by Crippen LogP contribution is -2.59. The molecule has 104 valence electrons. The normalized spacial score (nSPS) is 28.9. The fourth-order valence-corrected chi connectivity index (χ4v) is 3.20. The van der Waals surface area contributed by atoms with Crippen molar-refractivity contribution in [1.29, 1.82) is 0 Å². The number of piperidine rings is 1. The Morgan fingerprint density at radius 3 is 2.72 bits per heavy atom. The fraction of sp³-hybridized carbons (Fsp3) is 0.929. The SMILES string of the molecule is CCN1CCCC(NC(=O)C2(N)CCCCC2)C1. The van der Waals surface area contributed by atoms with Crippen molar-refractivity contribution in [2.75, 3.05) is 19.6 Å². The van der Waals surface area contributed by atoms with Crippen molar-refractivity contribution in [2.45, 2.75) is 63.5 Å². The zero-order valence-electron chi connectivity index (χ0n) is 11.6. The molecule has 0 aromatic rings. The van der Waals surface area contributed by atoms with E-state index in [1.54, 1.807) is 0 Å². The number of carbonyl (C=O) groups excluding carboxylic acids is 1. The third kappa shape index (κ3) is 3.23. The highest BCUT2D eigenvalue weighted by Gasteiger charge is 2.36. The summed E-state index contributed by atoms with van der Waals surface area (Å²) in [7, 11) is 0. The van der Waals surface area contributed by atoms with Gasteiger partial charge in [-0.05, 0) is 38.8 Å². The maximum atomic E-state index is 12.3. The first-order valence-corrected chi connectivity index (χ1v) is 7.46. The molecule has 4 heteroatoms. The molecule has 3 N–H and O–H groups in total. The van der Waals surface area contributed by atoms with E-state index in [0.717, 1.165) is 51.7 Å². The van der Waals surface area contributed by atoms with Crippen molar-refractivity contribution >= 4 is 5.91 Å². The zero-order chi connectivity index (χ0) is 13.0. The molecule has 1 aliphatic carbocycles. The van der Waals surface area contributed by atoms with Crippen LogP contribution in [-0.4, -0.2) is 42.0 Å². The third-order valence-corrected chi connectivity index (χ3v) is 4.49. The minimum atomic E-state index is -0.591. The monoisotopic (exact) mass is 253 g/mol. The predicted octanol–water partition coefficient (Wildman–Crippen LogP) is 1.25. The van der Waals surface area contributed by atoms with E-state index in [0.29, 0.717) is 6.04 Å². The molecule has 1 amide bonds. The molecule has 1 unspecified atom stereocenters. The number of likely N-dealkylation sites (N-methyl/N-ethyl adjacent to an activating group) is 1. The molecule has 4 nitrogen and oxygen atoms in total. The van der Waals surface area contributed by atoms with Gasteiger partial charge >= 0.3 is 0 Å². The molecule has 1 atom stereocenters. The van der Waals surface area contributed by atoms with Crippen LogP contribution in [-0.2, 0) is 4.79 Å². The summed E-state index contributed by atoms with van der Waals surface area (Å²) < 4.78 is 0. The van der Waals surface area contributed by atoms with Gasteiger partial charge in [-0.1, -0.05) is 26.2 Å². The number of carbonyl (C=O) groups is 1. The predicted molar refractivity (Wildman–Crippen MR) is 73.3 cm³/mol. The highest BCUT2D eigenvalue weighted by molar-refractivity contribution is 5.86. The molecule has 1 saturated carbocycles. The molecule has 0 spiro atoms. The zero-order valence-corrected chi connectivity index (χ0v) is 11.6. The molecule has 18 heavy (non-hydrogen) atoms. The largest absolute Gasteiger partial charge is 0.350 e. The number of hydrogen-bond donors (Lipinski definition) is 2. The Bertz CT molecular complexity index is 287. The first kappa shape index (κ1) is 13.8. The molecule has 1 aliphatic heterocycles. The van der Waals surface area contributed by atoms with Crippen molar-refractivity contribution in [3.63, 3.8) is 0 Å². The van der Waals surface area contributed by atoms with Gasteiger partial charge in [0.2, 0.25) is 5.91 Å².